The van der Waals surface area contributed by atoms with Crippen LogP contribution >= 0.6 is 11.6 Å². The highest BCUT2D eigenvalue weighted by Crippen LogP contribution is 2.29. The number of hydrogen-bond acceptors (Lipinski definition) is 4. The number of anilines is 1. The zero-order valence-electron chi connectivity index (χ0n) is 16.8. The number of amides is 1. The van der Waals surface area contributed by atoms with Crippen molar-refractivity contribution in [1.82, 2.24) is 24.5 Å². The van der Waals surface area contributed by atoms with Gasteiger partial charge in [-0.05, 0) is 37.6 Å². The van der Waals surface area contributed by atoms with Crippen LogP contribution in [0.3, 0.4) is 0 Å². The SMILES string of the molecule is Cc1cc(C(F)F)c2c(C)nn(CC(=O)Nc3ccn(Cc4ccc(Cl)cc4)n3)c2n1. The first-order chi connectivity index (χ1) is 14.8. The second kappa shape index (κ2) is 8.43. The lowest BCUT2D eigenvalue weighted by atomic mass is 10.1. The van der Waals surface area contributed by atoms with Crippen LogP contribution in [0.25, 0.3) is 11.0 Å². The number of pyridine rings is 1. The molecule has 10 heteroatoms. The minimum absolute atomic E-state index is 0.132. The van der Waals surface area contributed by atoms with Crippen LogP contribution < -0.4 is 5.32 Å². The number of benzene rings is 1. The van der Waals surface area contributed by atoms with E-state index in [4.69, 9.17) is 11.6 Å². The van der Waals surface area contributed by atoms with Gasteiger partial charge in [0.25, 0.3) is 6.43 Å². The number of rotatable bonds is 6. The van der Waals surface area contributed by atoms with Crippen molar-refractivity contribution in [2.75, 3.05) is 5.32 Å². The Bertz CT molecular complexity index is 1250. The van der Waals surface area contributed by atoms with Crippen molar-refractivity contribution in [2.45, 2.75) is 33.4 Å². The monoisotopic (exact) mass is 444 g/mol. The van der Waals surface area contributed by atoms with Crippen LogP contribution in [0.4, 0.5) is 14.6 Å². The maximum atomic E-state index is 13.4. The molecule has 0 aliphatic carbocycles. The number of fused-ring (bicyclic) bond motifs is 1. The summed E-state index contributed by atoms with van der Waals surface area (Å²) in [6.45, 7) is 3.60. The second-order valence-corrected chi connectivity index (χ2v) is 7.60. The van der Waals surface area contributed by atoms with Crippen molar-refractivity contribution in [3.05, 3.63) is 70.1 Å². The van der Waals surface area contributed by atoms with E-state index in [0.717, 1.165) is 5.56 Å². The first-order valence-corrected chi connectivity index (χ1v) is 9.88. The van der Waals surface area contributed by atoms with E-state index in [0.29, 0.717) is 28.8 Å². The molecule has 1 aromatic carbocycles. The molecule has 160 valence electrons. The van der Waals surface area contributed by atoms with Crippen molar-refractivity contribution >= 4 is 34.4 Å². The van der Waals surface area contributed by atoms with Gasteiger partial charge in [0.1, 0.15) is 6.54 Å². The van der Waals surface area contributed by atoms with Crippen LogP contribution in [0, 0.1) is 13.8 Å². The van der Waals surface area contributed by atoms with Gasteiger partial charge in [-0.25, -0.2) is 18.4 Å². The molecule has 1 N–H and O–H groups in total. The van der Waals surface area contributed by atoms with E-state index in [9.17, 15) is 13.6 Å². The lowest BCUT2D eigenvalue weighted by Gasteiger charge is -2.06. The van der Waals surface area contributed by atoms with Gasteiger partial charge in [-0.15, -0.1) is 0 Å². The minimum Gasteiger partial charge on any atom is -0.308 e. The molecule has 0 bridgehead atoms. The van der Waals surface area contributed by atoms with Gasteiger partial charge in [0, 0.05) is 28.5 Å². The van der Waals surface area contributed by atoms with Crippen molar-refractivity contribution in [2.24, 2.45) is 0 Å². The number of halogens is 3. The fraction of sp³-hybridized carbons (Fsp3) is 0.238. The van der Waals surface area contributed by atoms with Crippen LogP contribution in [0.15, 0.2) is 42.6 Å². The maximum absolute atomic E-state index is 13.4. The summed E-state index contributed by atoms with van der Waals surface area (Å²) in [6, 6.07) is 10.4. The average Bonchev–Trinajstić information content (AvgIpc) is 3.27. The Morgan fingerprint density at radius 3 is 2.61 bits per heavy atom. The first-order valence-electron chi connectivity index (χ1n) is 9.50. The van der Waals surface area contributed by atoms with Crippen LogP contribution in [-0.2, 0) is 17.9 Å². The van der Waals surface area contributed by atoms with Crippen molar-refractivity contribution in [3.63, 3.8) is 0 Å². The Morgan fingerprint density at radius 2 is 1.90 bits per heavy atom. The third-order valence-electron chi connectivity index (χ3n) is 4.73. The number of hydrogen-bond donors (Lipinski definition) is 1. The Labute approximate surface area is 181 Å². The molecule has 7 nitrogen and oxygen atoms in total. The summed E-state index contributed by atoms with van der Waals surface area (Å²) in [7, 11) is 0. The predicted molar refractivity (Wildman–Crippen MR) is 113 cm³/mol. The number of aromatic nitrogens is 5. The molecular formula is C21H19ClF2N6O. The van der Waals surface area contributed by atoms with Gasteiger partial charge < -0.3 is 5.32 Å². The maximum Gasteiger partial charge on any atom is 0.264 e. The number of alkyl halides is 2. The normalized spacial score (nSPS) is 11.4. The zero-order valence-corrected chi connectivity index (χ0v) is 17.6. The third-order valence-corrected chi connectivity index (χ3v) is 4.98. The Hall–Kier alpha value is -3.33. The van der Waals surface area contributed by atoms with Gasteiger partial charge in [-0.3, -0.25) is 9.48 Å². The molecule has 4 rings (SSSR count). The molecule has 0 aliphatic rings. The van der Waals surface area contributed by atoms with Crippen LogP contribution in [0.1, 0.15) is 28.9 Å². The highest BCUT2D eigenvalue weighted by atomic mass is 35.5. The standard InChI is InChI=1S/C21H19ClF2N6O/c1-12-9-16(20(23)24)19-13(2)27-30(21(19)25-12)11-18(31)26-17-7-8-29(28-17)10-14-3-5-15(22)6-4-14/h3-9,20H,10-11H2,1-2H3,(H,26,28,31). The van der Waals surface area contributed by atoms with Crippen molar-refractivity contribution in [1.29, 1.82) is 0 Å². The molecule has 0 saturated heterocycles. The number of nitrogens with one attached hydrogen (secondary N) is 1. The Morgan fingerprint density at radius 1 is 1.16 bits per heavy atom. The molecule has 3 heterocycles. The summed E-state index contributed by atoms with van der Waals surface area (Å²) in [5.74, 6) is -0.00685. The van der Waals surface area contributed by atoms with E-state index in [1.165, 1.54) is 10.7 Å². The molecule has 4 aromatic rings. The fourth-order valence-electron chi connectivity index (χ4n) is 3.41. The van der Waals surface area contributed by atoms with Gasteiger partial charge in [0.2, 0.25) is 5.91 Å². The molecular weight excluding hydrogens is 426 g/mol. The number of nitrogens with zero attached hydrogens (tertiary/aromatic N) is 5. The van der Waals surface area contributed by atoms with Gasteiger partial charge in [-0.1, -0.05) is 23.7 Å². The zero-order chi connectivity index (χ0) is 22.1. The molecule has 0 unspecified atom stereocenters. The molecule has 0 fully saturated rings. The van der Waals surface area contributed by atoms with Gasteiger partial charge >= 0.3 is 0 Å². The highest BCUT2D eigenvalue weighted by molar-refractivity contribution is 6.30. The summed E-state index contributed by atoms with van der Waals surface area (Å²) in [5, 5.41) is 12.2. The van der Waals surface area contributed by atoms with E-state index in [2.05, 4.69) is 20.5 Å². The topological polar surface area (TPSA) is 77.6 Å². The van der Waals surface area contributed by atoms with E-state index in [1.807, 2.05) is 12.1 Å². The largest absolute Gasteiger partial charge is 0.308 e. The number of aryl methyl sites for hydroxylation is 2. The van der Waals surface area contributed by atoms with Crippen molar-refractivity contribution in [3.8, 4) is 0 Å². The molecule has 0 saturated carbocycles. The fourth-order valence-corrected chi connectivity index (χ4v) is 3.54. The Kier molecular flexibility index (Phi) is 5.69. The van der Waals surface area contributed by atoms with E-state index in [-0.39, 0.29) is 29.0 Å². The number of carbonyl (C=O) groups excluding carboxylic acids is 1. The van der Waals surface area contributed by atoms with Crippen LogP contribution in [0.5, 0.6) is 0 Å². The number of carbonyl (C=O) groups is 1. The molecule has 0 aliphatic heterocycles. The third kappa shape index (κ3) is 4.56. The molecule has 0 spiro atoms. The Balaban J connectivity index is 1.49. The molecule has 0 radical (unpaired) electrons. The molecule has 0 atom stereocenters. The second-order valence-electron chi connectivity index (χ2n) is 7.17. The van der Waals surface area contributed by atoms with Crippen molar-refractivity contribution < 1.29 is 13.6 Å². The summed E-state index contributed by atoms with van der Waals surface area (Å²) < 4.78 is 29.9. The summed E-state index contributed by atoms with van der Waals surface area (Å²) in [6.07, 6.45) is -0.906. The first kappa shape index (κ1) is 20.9. The highest BCUT2D eigenvalue weighted by Gasteiger charge is 2.20. The average molecular weight is 445 g/mol. The van der Waals surface area contributed by atoms with Gasteiger partial charge in [0.15, 0.2) is 11.5 Å². The predicted octanol–water partition coefficient (Wildman–Crippen LogP) is 4.52. The summed E-state index contributed by atoms with van der Waals surface area (Å²) in [5.41, 5.74) is 1.98. The van der Waals surface area contributed by atoms with E-state index >= 15 is 0 Å². The van der Waals surface area contributed by atoms with Gasteiger partial charge in [0.05, 0.1) is 17.6 Å². The minimum atomic E-state index is -2.65. The van der Waals surface area contributed by atoms with Crippen LogP contribution in [-0.4, -0.2) is 30.5 Å². The van der Waals surface area contributed by atoms with Crippen LogP contribution in [0.2, 0.25) is 5.02 Å². The summed E-state index contributed by atoms with van der Waals surface area (Å²) in [4.78, 5) is 16.8. The van der Waals surface area contributed by atoms with E-state index in [1.54, 1.807) is 42.9 Å². The quantitative estimate of drug-likeness (QED) is 0.474. The lowest BCUT2D eigenvalue weighted by Crippen LogP contribution is -2.20. The lowest BCUT2D eigenvalue weighted by molar-refractivity contribution is -0.116. The summed E-state index contributed by atoms with van der Waals surface area (Å²) >= 11 is 5.89. The smallest absolute Gasteiger partial charge is 0.264 e. The molecule has 3 aromatic heterocycles. The van der Waals surface area contributed by atoms with Gasteiger partial charge in [-0.2, -0.15) is 10.2 Å². The van der Waals surface area contributed by atoms with E-state index < -0.39 is 6.43 Å². The molecule has 1 amide bonds. The molecule has 31 heavy (non-hydrogen) atoms.